The molecule has 1 amide bonds. The Hall–Kier alpha value is -3.22. The van der Waals surface area contributed by atoms with E-state index < -0.39 is 0 Å². The number of likely N-dealkylation sites (N-methyl/N-ethyl adjacent to an activating group) is 1. The number of amides is 1. The van der Waals surface area contributed by atoms with Gasteiger partial charge in [0, 0.05) is 37.9 Å². The number of hydrogen-bond donors (Lipinski definition) is 0. The van der Waals surface area contributed by atoms with Crippen LogP contribution in [0.4, 0.5) is 5.95 Å². The van der Waals surface area contributed by atoms with Gasteiger partial charge in [0.15, 0.2) is 0 Å². The molecular weight excluding hydrogens is 390 g/mol. The van der Waals surface area contributed by atoms with Gasteiger partial charge in [0.2, 0.25) is 11.9 Å². The Morgan fingerprint density at radius 1 is 1.26 bits per heavy atom. The van der Waals surface area contributed by atoms with E-state index in [1.165, 1.54) is 0 Å². The van der Waals surface area contributed by atoms with E-state index in [1.807, 2.05) is 58.3 Å². The topological polar surface area (TPSA) is 71.5 Å². The lowest BCUT2D eigenvalue weighted by molar-refractivity contribution is -0.131. The molecule has 3 aromatic rings. The van der Waals surface area contributed by atoms with E-state index in [9.17, 15) is 4.79 Å². The Balaban J connectivity index is 1.57. The largest absolute Gasteiger partial charge is 0.494 e. The van der Waals surface area contributed by atoms with Crippen molar-refractivity contribution < 1.29 is 9.53 Å². The fraction of sp³-hybridized carbons (Fsp3) is 0.417. The van der Waals surface area contributed by atoms with Gasteiger partial charge >= 0.3 is 0 Å². The summed E-state index contributed by atoms with van der Waals surface area (Å²) in [5, 5.41) is 0.974. The Kier molecular flexibility index (Phi) is 6.02. The molecule has 1 aliphatic heterocycles. The molecule has 1 aromatic carbocycles. The van der Waals surface area contributed by atoms with Crippen LogP contribution >= 0.6 is 0 Å². The number of carbonyl (C=O) groups is 1. The highest BCUT2D eigenvalue weighted by Gasteiger charge is 2.34. The van der Waals surface area contributed by atoms with E-state index in [0.29, 0.717) is 19.1 Å². The number of carbonyl (C=O) groups excluding carboxylic acids is 1. The molecule has 4 rings (SSSR count). The van der Waals surface area contributed by atoms with Gasteiger partial charge in [-0.05, 0) is 69.0 Å². The van der Waals surface area contributed by atoms with Crippen molar-refractivity contribution in [2.75, 3.05) is 25.1 Å². The molecule has 0 saturated carbocycles. The van der Waals surface area contributed by atoms with Crippen LogP contribution in [0.3, 0.4) is 0 Å². The van der Waals surface area contributed by atoms with Crippen LogP contribution in [0.2, 0.25) is 0 Å². The lowest BCUT2D eigenvalue weighted by atomic mass is 10.1. The molecule has 0 radical (unpaired) electrons. The normalized spacial score (nSPS) is 16.0. The molecule has 1 atom stereocenters. The molecule has 1 aliphatic rings. The van der Waals surface area contributed by atoms with Crippen molar-refractivity contribution in [1.82, 2.24) is 19.9 Å². The maximum Gasteiger partial charge on any atom is 0.245 e. The molecule has 0 unspecified atom stereocenters. The minimum Gasteiger partial charge on any atom is -0.494 e. The lowest BCUT2D eigenvalue weighted by Crippen LogP contribution is -2.44. The predicted octanol–water partition coefficient (Wildman–Crippen LogP) is 3.67. The van der Waals surface area contributed by atoms with E-state index in [2.05, 4.69) is 9.88 Å². The summed E-state index contributed by atoms with van der Waals surface area (Å²) in [4.78, 5) is 30.8. The Bertz CT molecular complexity index is 1100. The van der Waals surface area contributed by atoms with Crippen LogP contribution in [0.25, 0.3) is 10.9 Å². The van der Waals surface area contributed by atoms with Crippen molar-refractivity contribution in [2.24, 2.45) is 0 Å². The molecule has 0 bridgehead atoms. The number of rotatable bonds is 6. The quantitative estimate of drug-likeness (QED) is 0.607. The van der Waals surface area contributed by atoms with Crippen LogP contribution < -0.4 is 9.64 Å². The summed E-state index contributed by atoms with van der Waals surface area (Å²) in [5.41, 5.74) is 3.95. The van der Waals surface area contributed by atoms with Crippen LogP contribution in [-0.4, -0.2) is 52.0 Å². The first kappa shape index (κ1) is 21.0. The maximum absolute atomic E-state index is 13.3. The SMILES string of the molecule is CCOc1ccc2nc(N3CCC[C@@H]3C(=O)N(C)Cc3ccncc3C)nc(C)c2c1. The second-order valence-corrected chi connectivity index (χ2v) is 8.07. The monoisotopic (exact) mass is 419 g/mol. The smallest absolute Gasteiger partial charge is 0.245 e. The lowest BCUT2D eigenvalue weighted by Gasteiger charge is -2.28. The van der Waals surface area contributed by atoms with Gasteiger partial charge in [0.25, 0.3) is 0 Å². The molecule has 7 nitrogen and oxygen atoms in total. The zero-order chi connectivity index (χ0) is 22.0. The van der Waals surface area contributed by atoms with Crippen molar-refractivity contribution in [1.29, 1.82) is 0 Å². The summed E-state index contributed by atoms with van der Waals surface area (Å²) >= 11 is 0. The molecule has 3 heterocycles. The van der Waals surface area contributed by atoms with Gasteiger partial charge in [-0.2, -0.15) is 0 Å². The average molecular weight is 420 g/mol. The minimum absolute atomic E-state index is 0.0988. The van der Waals surface area contributed by atoms with Crippen LogP contribution in [0.5, 0.6) is 5.75 Å². The number of nitrogens with zero attached hydrogens (tertiary/aromatic N) is 5. The van der Waals surface area contributed by atoms with Crippen LogP contribution in [0.15, 0.2) is 36.7 Å². The average Bonchev–Trinajstić information content (AvgIpc) is 3.25. The molecule has 7 heteroatoms. The second kappa shape index (κ2) is 8.88. The van der Waals surface area contributed by atoms with Gasteiger partial charge in [-0.1, -0.05) is 0 Å². The number of aromatic nitrogens is 3. The summed E-state index contributed by atoms with van der Waals surface area (Å²) < 4.78 is 5.61. The first-order chi connectivity index (χ1) is 15.0. The minimum atomic E-state index is -0.244. The van der Waals surface area contributed by atoms with Crippen LogP contribution in [-0.2, 0) is 11.3 Å². The highest BCUT2D eigenvalue weighted by Crippen LogP contribution is 2.28. The fourth-order valence-corrected chi connectivity index (χ4v) is 4.16. The number of ether oxygens (including phenoxy) is 1. The highest BCUT2D eigenvalue weighted by molar-refractivity contribution is 5.87. The van der Waals surface area contributed by atoms with Gasteiger partial charge in [-0.3, -0.25) is 9.78 Å². The van der Waals surface area contributed by atoms with Crippen molar-refractivity contribution in [3.8, 4) is 5.75 Å². The molecule has 2 aromatic heterocycles. The summed E-state index contributed by atoms with van der Waals surface area (Å²) in [7, 11) is 1.86. The number of pyridine rings is 1. The van der Waals surface area contributed by atoms with Crippen molar-refractivity contribution in [3.63, 3.8) is 0 Å². The van der Waals surface area contributed by atoms with Gasteiger partial charge in [0.1, 0.15) is 11.8 Å². The van der Waals surface area contributed by atoms with Gasteiger partial charge in [0.05, 0.1) is 17.8 Å². The van der Waals surface area contributed by atoms with E-state index in [-0.39, 0.29) is 11.9 Å². The number of anilines is 1. The molecular formula is C24H29N5O2. The first-order valence-corrected chi connectivity index (χ1v) is 10.8. The Morgan fingerprint density at radius 2 is 2.10 bits per heavy atom. The molecule has 1 saturated heterocycles. The van der Waals surface area contributed by atoms with E-state index >= 15 is 0 Å². The third-order valence-corrected chi connectivity index (χ3v) is 5.87. The Labute approximate surface area is 183 Å². The summed E-state index contributed by atoms with van der Waals surface area (Å²) in [5.74, 6) is 1.54. The van der Waals surface area contributed by atoms with Crippen molar-refractivity contribution >= 4 is 22.8 Å². The highest BCUT2D eigenvalue weighted by atomic mass is 16.5. The summed E-state index contributed by atoms with van der Waals surface area (Å²) in [6, 6.07) is 7.60. The van der Waals surface area contributed by atoms with E-state index in [4.69, 9.17) is 14.7 Å². The zero-order valence-corrected chi connectivity index (χ0v) is 18.6. The van der Waals surface area contributed by atoms with Gasteiger partial charge in [-0.15, -0.1) is 0 Å². The molecule has 0 N–H and O–H groups in total. The van der Waals surface area contributed by atoms with E-state index in [1.54, 1.807) is 11.1 Å². The second-order valence-electron chi connectivity index (χ2n) is 8.07. The Morgan fingerprint density at radius 3 is 2.87 bits per heavy atom. The number of hydrogen-bond acceptors (Lipinski definition) is 6. The third kappa shape index (κ3) is 4.31. The first-order valence-electron chi connectivity index (χ1n) is 10.8. The standard InChI is InChI=1S/C24H29N5O2/c1-5-31-19-8-9-21-20(13-19)17(3)26-24(27-21)29-12-6-7-22(29)23(30)28(4)15-18-10-11-25-14-16(18)2/h8-11,13-14,22H,5-7,12,15H2,1-4H3/t22-/m1/s1. The van der Waals surface area contributed by atoms with Gasteiger partial charge < -0.3 is 14.5 Å². The number of aryl methyl sites for hydroxylation is 2. The predicted molar refractivity (Wildman–Crippen MR) is 121 cm³/mol. The molecule has 162 valence electrons. The van der Waals surface area contributed by atoms with Crippen molar-refractivity contribution in [3.05, 3.63) is 53.5 Å². The maximum atomic E-state index is 13.3. The van der Waals surface area contributed by atoms with E-state index in [0.717, 1.165) is 52.9 Å². The third-order valence-electron chi connectivity index (χ3n) is 5.87. The van der Waals surface area contributed by atoms with Crippen LogP contribution in [0.1, 0.15) is 36.6 Å². The summed E-state index contributed by atoms with van der Waals surface area (Å²) in [6.45, 7) is 7.93. The number of benzene rings is 1. The zero-order valence-electron chi connectivity index (χ0n) is 18.6. The fourth-order valence-electron chi connectivity index (χ4n) is 4.16. The van der Waals surface area contributed by atoms with Crippen molar-refractivity contribution in [2.45, 2.75) is 46.2 Å². The van der Waals surface area contributed by atoms with Crippen LogP contribution in [0, 0.1) is 13.8 Å². The molecule has 31 heavy (non-hydrogen) atoms. The van der Waals surface area contributed by atoms with Gasteiger partial charge in [-0.25, -0.2) is 9.97 Å². The summed E-state index contributed by atoms with van der Waals surface area (Å²) in [6.07, 6.45) is 5.36. The molecule has 0 spiro atoms. The number of fused-ring (bicyclic) bond motifs is 1. The molecule has 1 fully saturated rings. The molecule has 0 aliphatic carbocycles.